The summed E-state index contributed by atoms with van der Waals surface area (Å²) in [7, 11) is -0.644. The lowest BCUT2D eigenvalue weighted by atomic mass is 10.2. The Morgan fingerprint density at radius 1 is 1.00 bits per heavy atom. The molecule has 2 rings (SSSR count). The van der Waals surface area contributed by atoms with Crippen molar-refractivity contribution in [3.05, 3.63) is 17.1 Å². The normalized spacial score (nSPS) is 12.8. The first-order valence-electron chi connectivity index (χ1n) is 9.96. The van der Waals surface area contributed by atoms with Gasteiger partial charge in [-0.3, -0.25) is 4.21 Å². The van der Waals surface area contributed by atoms with Gasteiger partial charge >= 0.3 is 0 Å². The Kier molecular flexibility index (Phi) is 8.07. The molecule has 0 aliphatic rings. The summed E-state index contributed by atoms with van der Waals surface area (Å²) >= 11 is 0. The standard InChI is InChI=1S/C20H34N4OS/c1-5-7-13-26(25)14-10-8-9-12-24-17(11-6-2)23-18-19(24)15(3)16(4)22-20(18)21/h5-14H2,1-4H3,(H2,21,22). The second kappa shape index (κ2) is 10.0. The Hall–Kier alpha value is -1.43. The Balaban J connectivity index is 2.06. The molecule has 1 unspecified atom stereocenters. The maximum absolute atomic E-state index is 11.9. The predicted octanol–water partition coefficient (Wildman–Crippen LogP) is 4.30. The highest BCUT2D eigenvalue weighted by atomic mass is 32.2. The summed E-state index contributed by atoms with van der Waals surface area (Å²) in [4.78, 5) is 9.23. The Morgan fingerprint density at radius 3 is 2.42 bits per heavy atom. The summed E-state index contributed by atoms with van der Waals surface area (Å²) in [5, 5.41) is 0. The minimum atomic E-state index is -0.644. The minimum Gasteiger partial charge on any atom is -0.382 e. The van der Waals surface area contributed by atoms with Crippen molar-refractivity contribution < 1.29 is 4.21 Å². The topological polar surface area (TPSA) is 73.8 Å². The lowest BCUT2D eigenvalue weighted by Crippen LogP contribution is -2.07. The van der Waals surface area contributed by atoms with Crippen LogP contribution < -0.4 is 5.73 Å². The Morgan fingerprint density at radius 2 is 1.73 bits per heavy atom. The van der Waals surface area contributed by atoms with Crippen LogP contribution in [0.1, 0.15) is 69.5 Å². The number of nitrogen functional groups attached to an aromatic ring is 1. The van der Waals surface area contributed by atoms with Gasteiger partial charge in [0, 0.05) is 41.0 Å². The second-order valence-corrected chi connectivity index (χ2v) is 8.79. The highest BCUT2D eigenvalue weighted by Gasteiger charge is 2.16. The summed E-state index contributed by atoms with van der Waals surface area (Å²) < 4.78 is 14.2. The van der Waals surface area contributed by atoms with Crippen LogP contribution in [0.4, 0.5) is 5.82 Å². The van der Waals surface area contributed by atoms with Crippen LogP contribution >= 0.6 is 0 Å². The third-order valence-electron chi connectivity index (χ3n) is 4.93. The average Bonchev–Trinajstić information content (AvgIpc) is 2.97. The summed E-state index contributed by atoms with van der Waals surface area (Å²) in [6.07, 6.45) is 7.42. The van der Waals surface area contributed by atoms with Crippen molar-refractivity contribution in [2.45, 2.75) is 79.2 Å². The summed E-state index contributed by atoms with van der Waals surface area (Å²) in [5.41, 5.74) is 10.3. The molecule has 26 heavy (non-hydrogen) atoms. The van der Waals surface area contributed by atoms with Crippen LogP contribution in [0.5, 0.6) is 0 Å². The van der Waals surface area contributed by atoms with E-state index in [1.807, 2.05) is 6.92 Å². The molecule has 1 atom stereocenters. The molecule has 0 amide bonds. The first-order chi connectivity index (χ1) is 12.5. The quantitative estimate of drug-likeness (QED) is 0.592. The van der Waals surface area contributed by atoms with Gasteiger partial charge in [-0.1, -0.05) is 26.7 Å². The largest absolute Gasteiger partial charge is 0.382 e. The van der Waals surface area contributed by atoms with E-state index in [4.69, 9.17) is 10.7 Å². The van der Waals surface area contributed by atoms with E-state index in [1.165, 1.54) is 5.56 Å². The number of imidazole rings is 1. The number of fused-ring (bicyclic) bond motifs is 1. The highest BCUT2D eigenvalue weighted by molar-refractivity contribution is 7.84. The number of unbranched alkanes of at least 4 members (excludes halogenated alkanes) is 3. The van der Waals surface area contributed by atoms with Crippen molar-refractivity contribution in [2.75, 3.05) is 17.2 Å². The fourth-order valence-electron chi connectivity index (χ4n) is 3.32. The van der Waals surface area contributed by atoms with Crippen LogP contribution in [-0.4, -0.2) is 30.2 Å². The predicted molar refractivity (Wildman–Crippen MR) is 112 cm³/mol. The number of nitrogens with two attached hydrogens (primary N) is 1. The van der Waals surface area contributed by atoms with Gasteiger partial charge in [-0.15, -0.1) is 0 Å². The molecule has 2 aromatic rings. The molecule has 6 heteroatoms. The van der Waals surface area contributed by atoms with Gasteiger partial charge in [-0.05, 0) is 45.1 Å². The van der Waals surface area contributed by atoms with Gasteiger partial charge in [0.1, 0.15) is 11.3 Å². The number of hydrogen-bond donors (Lipinski definition) is 1. The van der Waals surface area contributed by atoms with Crippen LogP contribution in [0.3, 0.4) is 0 Å². The van der Waals surface area contributed by atoms with Crippen molar-refractivity contribution in [3.8, 4) is 0 Å². The first-order valence-corrected chi connectivity index (χ1v) is 11.4. The van der Waals surface area contributed by atoms with Crippen molar-refractivity contribution in [3.63, 3.8) is 0 Å². The van der Waals surface area contributed by atoms with E-state index in [0.29, 0.717) is 5.82 Å². The summed E-state index contributed by atoms with van der Waals surface area (Å²) in [5.74, 6) is 3.33. The fourth-order valence-corrected chi connectivity index (χ4v) is 4.66. The molecular formula is C20H34N4OS. The van der Waals surface area contributed by atoms with Crippen molar-refractivity contribution in [1.29, 1.82) is 0 Å². The minimum absolute atomic E-state index is 0.533. The second-order valence-electron chi connectivity index (χ2n) is 7.10. The molecule has 0 radical (unpaired) electrons. The molecule has 0 bridgehead atoms. The van der Waals surface area contributed by atoms with Crippen LogP contribution in [-0.2, 0) is 23.8 Å². The zero-order valence-corrected chi connectivity index (χ0v) is 17.6. The van der Waals surface area contributed by atoms with E-state index in [1.54, 1.807) is 0 Å². The molecule has 5 nitrogen and oxygen atoms in total. The van der Waals surface area contributed by atoms with E-state index < -0.39 is 10.8 Å². The maximum Gasteiger partial charge on any atom is 0.151 e. The zero-order chi connectivity index (χ0) is 19.1. The number of aromatic nitrogens is 3. The molecule has 0 saturated carbocycles. The average molecular weight is 379 g/mol. The van der Waals surface area contributed by atoms with Gasteiger partial charge in [0.25, 0.3) is 0 Å². The van der Waals surface area contributed by atoms with Crippen molar-refractivity contribution in [2.24, 2.45) is 0 Å². The number of pyridine rings is 1. The number of rotatable bonds is 11. The van der Waals surface area contributed by atoms with Gasteiger partial charge in [0.05, 0.1) is 5.52 Å². The molecule has 0 aromatic carbocycles. The lowest BCUT2D eigenvalue weighted by molar-refractivity contribution is 0.586. The van der Waals surface area contributed by atoms with Gasteiger partial charge in [-0.2, -0.15) is 0 Å². The smallest absolute Gasteiger partial charge is 0.151 e. The number of anilines is 1. The first kappa shape index (κ1) is 20.9. The van der Waals surface area contributed by atoms with Crippen molar-refractivity contribution >= 4 is 27.7 Å². The van der Waals surface area contributed by atoms with Crippen LogP contribution in [0, 0.1) is 13.8 Å². The molecular weight excluding hydrogens is 344 g/mol. The Bertz CT molecular complexity index is 754. The van der Waals surface area contributed by atoms with Gasteiger partial charge < -0.3 is 10.3 Å². The van der Waals surface area contributed by atoms with Gasteiger partial charge in [0.2, 0.25) is 0 Å². The Labute approximate surface area is 160 Å². The van der Waals surface area contributed by atoms with Gasteiger partial charge in [-0.25, -0.2) is 9.97 Å². The van der Waals surface area contributed by atoms with E-state index >= 15 is 0 Å². The van der Waals surface area contributed by atoms with E-state index in [0.717, 1.165) is 85.5 Å². The number of aryl methyl sites for hydroxylation is 4. The molecule has 0 aliphatic carbocycles. The third kappa shape index (κ3) is 5.06. The molecule has 2 aromatic heterocycles. The van der Waals surface area contributed by atoms with E-state index in [-0.39, 0.29) is 0 Å². The van der Waals surface area contributed by atoms with E-state index in [9.17, 15) is 4.21 Å². The molecule has 0 fully saturated rings. The SMILES string of the molecule is CCCCS(=O)CCCCCn1c(CCC)nc2c(N)nc(C)c(C)c21. The molecule has 0 aliphatic heterocycles. The van der Waals surface area contributed by atoms with Crippen LogP contribution in [0.2, 0.25) is 0 Å². The third-order valence-corrected chi connectivity index (χ3v) is 6.42. The highest BCUT2D eigenvalue weighted by Crippen LogP contribution is 2.27. The molecule has 2 N–H and O–H groups in total. The molecule has 0 saturated heterocycles. The summed E-state index contributed by atoms with van der Waals surface area (Å²) in [6, 6.07) is 0. The van der Waals surface area contributed by atoms with Crippen molar-refractivity contribution in [1.82, 2.24) is 14.5 Å². The van der Waals surface area contributed by atoms with E-state index in [2.05, 4.69) is 30.3 Å². The monoisotopic (exact) mass is 378 g/mol. The molecule has 0 spiro atoms. The number of hydrogen-bond acceptors (Lipinski definition) is 4. The zero-order valence-electron chi connectivity index (χ0n) is 16.8. The lowest BCUT2D eigenvalue weighted by Gasteiger charge is -2.11. The number of nitrogens with zero attached hydrogens (tertiary/aromatic N) is 3. The molecule has 2 heterocycles. The van der Waals surface area contributed by atoms with Gasteiger partial charge in [0.15, 0.2) is 5.82 Å². The molecule has 146 valence electrons. The van der Waals surface area contributed by atoms with Crippen LogP contribution in [0.15, 0.2) is 0 Å². The van der Waals surface area contributed by atoms with Crippen LogP contribution in [0.25, 0.3) is 11.0 Å². The fraction of sp³-hybridized carbons (Fsp3) is 0.700. The maximum atomic E-state index is 11.9. The summed E-state index contributed by atoms with van der Waals surface area (Å²) in [6.45, 7) is 9.38.